The summed E-state index contributed by atoms with van der Waals surface area (Å²) in [5.41, 5.74) is 1.47. The molecular weight excluding hydrogens is 440 g/mol. The molecule has 2 N–H and O–H groups in total. The highest BCUT2D eigenvalue weighted by Crippen LogP contribution is 2.33. The number of anilines is 1. The first-order valence-corrected chi connectivity index (χ1v) is 11.1. The number of thiocarbonyl (C=S) groups is 1. The van der Waals surface area contributed by atoms with Crippen LogP contribution in [0.4, 0.5) is 5.69 Å². The lowest BCUT2D eigenvalue weighted by Gasteiger charge is -2.14. The highest BCUT2D eigenvalue weighted by Gasteiger charge is 2.31. The van der Waals surface area contributed by atoms with E-state index in [2.05, 4.69) is 5.32 Å². The number of unbranched alkanes of at least 4 members (excludes halogenated alkanes) is 2. The Kier molecular flexibility index (Phi) is 7.90. The van der Waals surface area contributed by atoms with E-state index in [0.717, 1.165) is 18.4 Å². The Morgan fingerprint density at radius 2 is 1.93 bits per heavy atom. The van der Waals surface area contributed by atoms with Crippen LogP contribution in [0.3, 0.4) is 0 Å². The Morgan fingerprint density at radius 3 is 2.67 bits per heavy atom. The molecule has 2 aromatic rings. The first-order valence-electron chi connectivity index (χ1n) is 9.52. The number of aromatic hydroxyl groups is 1. The van der Waals surface area contributed by atoms with Crippen LogP contribution in [0.5, 0.6) is 5.75 Å². The zero-order valence-corrected chi connectivity index (χ0v) is 18.5. The SMILES string of the molecule is O=C(CCCCCN1C(=O)C(=Cc2ccc(Cl)cc2)SC1=S)Nc1cccc(O)c1. The lowest BCUT2D eigenvalue weighted by Crippen LogP contribution is -2.29. The number of carbonyl (C=O) groups is 2. The molecular formula is C22H21ClN2O3S2. The maximum absolute atomic E-state index is 12.6. The fourth-order valence-electron chi connectivity index (χ4n) is 2.94. The van der Waals surface area contributed by atoms with E-state index >= 15 is 0 Å². The quantitative estimate of drug-likeness (QED) is 0.311. The second kappa shape index (κ2) is 10.6. The van der Waals surface area contributed by atoms with Crippen LogP contribution in [0.2, 0.25) is 5.02 Å². The van der Waals surface area contributed by atoms with Gasteiger partial charge in [-0.15, -0.1) is 0 Å². The van der Waals surface area contributed by atoms with Crippen LogP contribution in [-0.2, 0) is 9.59 Å². The number of nitrogens with zero attached hydrogens (tertiary/aromatic N) is 1. The molecule has 0 spiro atoms. The minimum atomic E-state index is -0.0999. The molecule has 0 bridgehead atoms. The van der Waals surface area contributed by atoms with E-state index < -0.39 is 0 Å². The van der Waals surface area contributed by atoms with Gasteiger partial charge in [0.2, 0.25) is 5.91 Å². The monoisotopic (exact) mass is 460 g/mol. The van der Waals surface area contributed by atoms with Crippen molar-refractivity contribution in [1.29, 1.82) is 0 Å². The van der Waals surface area contributed by atoms with Crippen molar-refractivity contribution in [3.05, 3.63) is 64.0 Å². The Bertz CT molecular complexity index is 977. The fraction of sp³-hybridized carbons (Fsp3) is 0.227. The molecule has 1 aliphatic rings. The molecule has 0 atom stereocenters. The van der Waals surface area contributed by atoms with Crippen molar-refractivity contribution in [2.75, 3.05) is 11.9 Å². The van der Waals surface area contributed by atoms with Crippen LogP contribution >= 0.6 is 35.6 Å². The summed E-state index contributed by atoms with van der Waals surface area (Å²) in [6.45, 7) is 0.538. The molecule has 3 rings (SSSR count). The van der Waals surface area contributed by atoms with Gasteiger partial charge in [-0.3, -0.25) is 14.5 Å². The van der Waals surface area contributed by atoms with Crippen LogP contribution < -0.4 is 5.32 Å². The van der Waals surface area contributed by atoms with Gasteiger partial charge in [0.25, 0.3) is 5.91 Å². The molecule has 1 fully saturated rings. The topological polar surface area (TPSA) is 69.6 Å². The van der Waals surface area contributed by atoms with Crippen LogP contribution in [0, 0.1) is 0 Å². The summed E-state index contributed by atoms with van der Waals surface area (Å²) in [6.07, 6.45) is 4.48. The van der Waals surface area contributed by atoms with Crippen molar-refractivity contribution in [1.82, 2.24) is 4.90 Å². The predicted molar refractivity (Wildman–Crippen MR) is 127 cm³/mol. The molecule has 156 valence electrons. The van der Waals surface area contributed by atoms with Crippen LogP contribution in [0.1, 0.15) is 31.2 Å². The lowest BCUT2D eigenvalue weighted by atomic mass is 10.1. The molecule has 2 aromatic carbocycles. The number of phenols is 1. The second-order valence-electron chi connectivity index (χ2n) is 6.79. The first-order chi connectivity index (χ1) is 14.4. The van der Waals surface area contributed by atoms with Crippen molar-refractivity contribution < 1.29 is 14.7 Å². The van der Waals surface area contributed by atoms with Crippen molar-refractivity contribution in [2.24, 2.45) is 0 Å². The van der Waals surface area contributed by atoms with Crippen molar-refractivity contribution in [3.63, 3.8) is 0 Å². The number of phenolic OH excluding ortho intramolecular Hbond substituents is 1. The zero-order chi connectivity index (χ0) is 21.5. The van der Waals surface area contributed by atoms with Crippen molar-refractivity contribution >= 4 is 63.5 Å². The number of halogens is 1. The Morgan fingerprint density at radius 1 is 1.17 bits per heavy atom. The van der Waals surface area contributed by atoms with E-state index in [9.17, 15) is 14.7 Å². The molecule has 0 radical (unpaired) electrons. The van der Waals surface area contributed by atoms with Gasteiger partial charge in [-0.25, -0.2) is 0 Å². The Hall–Kier alpha value is -2.35. The van der Waals surface area contributed by atoms with E-state index in [1.807, 2.05) is 18.2 Å². The van der Waals surface area contributed by atoms with Gasteiger partial charge in [0.15, 0.2) is 0 Å². The summed E-state index contributed by atoms with van der Waals surface area (Å²) in [5.74, 6) is -0.0694. The van der Waals surface area contributed by atoms with Crippen molar-refractivity contribution in [3.8, 4) is 5.75 Å². The molecule has 30 heavy (non-hydrogen) atoms. The summed E-state index contributed by atoms with van der Waals surface area (Å²) >= 11 is 12.6. The molecule has 2 amide bonds. The molecule has 1 saturated heterocycles. The van der Waals surface area contributed by atoms with E-state index in [-0.39, 0.29) is 17.6 Å². The molecule has 1 aliphatic heterocycles. The summed E-state index contributed by atoms with van der Waals surface area (Å²) < 4.78 is 0.557. The van der Waals surface area contributed by atoms with Crippen LogP contribution in [0.15, 0.2) is 53.4 Å². The summed E-state index contributed by atoms with van der Waals surface area (Å²) in [6, 6.07) is 13.7. The maximum atomic E-state index is 12.6. The molecule has 5 nitrogen and oxygen atoms in total. The normalized spacial score (nSPS) is 15.1. The average molecular weight is 461 g/mol. The number of amides is 2. The van der Waals surface area contributed by atoms with E-state index in [1.165, 1.54) is 17.8 Å². The van der Waals surface area contributed by atoms with Gasteiger partial charge >= 0.3 is 0 Å². The highest BCUT2D eigenvalue weighted by molar-refractivity contribution is 8.26. The van der Waals surface area contributed by atoms with Gasteiger partial charge in [-0.1, -0.05) is 60.2 Å². The van der Waals surface area contributed by atoms with Crippen LogP contribution in [-0.4, -0.2) is 32.7 Å². The molecule has 0 unspecified atom stereocenters. The summed E-state index contributed by atoms with van der Waals surface area (Å²) in [4.78, 5) is 26.8. The first kappa shape index (κ1) is 22.3. The van der Waals surface area contributed by atoms with Gasteiger partial charge in [0, 0.05) is 29.7 Å². The van der Waals surface area contributed by atoms with Gasteiger partial charge in [-0.05, 0) is 48.7 Å². The summed E-state index contributed by atoms with van der Waals surface area (Å²) in [5, 5.41) is 12.8. The van der Waals surface area contributed by atoms with Gasteiger partial charge in [-0.2, -0.15) is 0 Å². The Balaban J connectivity index is 1.41. The largest absolute Gasteiger partial charge is 0.508 e. The molecule has 0 aromatic heterocycles. The van der Waals surface area contributed by atoms with Crippen LogP contribution in [0.25, 0.3) is 6.08 Å². The number of carbonyl (C=O) groups excluding carboxylic acids is 2. The second-order valence-corrected chi connectivity index (χ2v) is 8.91. The standard InChI is InChI=1S/C22H21ClN2O3S2/c23-16-10-8-15(9-11-16)13-19-21(28)25(22(29)30-19)12-3-1-2-7-20(27)24-17-5-4-6-18(26)14-17/h4-6,8-11,13-14,26H,1-3,7,12H2,(H,24,27). The van der Waals surface area contributed by atoms with Crippen molar-refractivity contribution in [2.45, 2.75) is 25.7 Å². The number of hydrogen-bond acceptors (Lipinski definition) is 5. The third-order valence-corrected chi connectivity index (χ3v) is 6.09. The van der Waals surface area contributed by atoms with Gasteiger partial charge < -0.3 is 10.4 Å². The average Bonchev–Trinajstić information content (AvgIpc) is 2.96. The van der Waals surface area contributed by atoms with E-state index in [4.69, 9.17) is 23.8 Å². The van der Waals surface area contributed by atoms with Gasteiger partial charge in [0.1, 0.15) is 10.1 Å². The molecule has 0 aliphatic carbocycles. The maximum Gasteiger partial charge on any atom is 0.266 e. The fourth-order valence-corrected chi connectivity index (χ4v) is 4.38. The number of nitrogens with one attached hydrogen (secondary N) is 1. The number of benzene rings is 2. The number of thioether (sulfide) groups is 1. The number of rotatable bonds is 8. The van der Waals surface area contributed by atoms with E-state index in [1.54, 1.807) is 35.2 Å². The molecule has 1 heterocycles. The van der Waals surface area contributed by atoms with Gasteiger partial charge in [0.05, 0.1) is 4.91 Å². The minimum Gasteiger partial charge on any atom is -0.508 e. The zero-order valence-electron chi connectivity index (χ0n) is 16.1. The van der Waals surface area contributed by atoms with E-state index in [0.29, 0.717) is 39.3 Å². The lowest BCUT2D eigenvalue weighted by molar-refractivity contribution is -0.122. The Labute approximate surface area is 190 Å². The summed E-state index contributed by atoms with van der Waals surface area (Å²) in [7, 11) is 0. The molecule has 8 heteroatoms. The minimum absolute atomic E-state index is 0.0819. The number of hydrogen-bond donors (Lipinski definition) is 2. The third kappa shape index (κ3) is 6.32. The highest BCUT2D eigenvalue weighted by atomic mass is 35.5. The smallest absolute Gasteiger partial charge is 0.266 e. The molecule has 0 saturated carbocycles. The predicted octanol–water partition coefficient (Wildman–Crippen LogP) is 5.45. The third-order valence-electron chi connectivity index (χ3n) is 4.46.